The summed E-state index contributed by atoms with van der Waals surface area (Å²) in [7, 11) is 0. The minimum Gasteiger partial charge on any atom is -0.326 e. The maximum absolute atomic E-state index is 6.70. The van der Waals surface area contributed by atoms with E-state index in [9.17, 15) is 0 Å². The third-order valence-electron chi connectivity index (χ3n) is 6.77. The first-order valence-corrected chi connectivity index (χ1v) is 9.08. The molecule has 3 rings (SSSR count). The van der Waals surface area contributed by atoms with Crippen LogP contribution in [0.3, 0.4) is 0 Å². The summed E-state index contributed by atoms with van der Waals surface area (Å²) in [4.78, 5) is 2.69. The van der Waals surface area contributed by atoms with Gasteiger partial charge in [0.15, 0.2) is 0 Å². The van der Waals surface area contributed by atoms with Gasteiger partial charge in [-0.05, 0) is 83.2 Å². The summed E-state index contributed by atoms with van der Waals surface area (Å²) in [5.74, 6) is 3.01. The first-order chi connectivity index (χ1) is 9.57. The average Bonchev–Trinajstić information content (AvgIpc) is 2.91. The van der Waals surface area contributed by atoms with E-state index in [-0.39, 0.29) is 5.54 Å². The fraction of sp³-hybridized carbons (Fsp3) is 1.00. The van der Waals surface area contributed by atoms with Crippen LogP contribution in [0.2, 0.25) is 0 Å². The van der Waals surface area contributed by atoms with E-state index in [1.54, 1.807) is 0 Å². The molecule has 2 aliphatic carbocycles. The van der Waals surface area contributed by atoms with Gasteiger partial charge in [0.05, 0.1) is 0 Å². The lowest BCUT2D eigenvalue weighted by molar-refractivity contribution is 0.0833. The number of hydrogen-bond donors (Lipinski definition) is 1. The smallest absolute Gasteiger partial charge is 0.0304 e. The van der Waals surface area contributed by atoms with Crippen molar-refractivity contribution in [1.29, 1.82) is 0 Å². The van der Waals surface area contributed by atoms with Gasteiger partial charge in [-0.3, -0.25) is 4.90 Å². The molecule has 3 aliphatic rings. The fourth-order valence-electron chi connectivity index (χ4n) is 5.16. The van der Waals surface area contributed by atoms with Crippen molar-refractivity contribution in [2.24, 2.45) is 23.5 Å². The van der Waals surface area contributed by atoms with E-state index < -0.39 is 0 Å². The molecule has 3 fully saturated rings. The molecule has 0 aromatic carbocycles. The number of fused-ring (bicyclic) bond motifs is 2. The number of nitrogens with zero attached hydrogens (tertiary/aromatic N) is 1. The molecule has 0 amide bonds. The zero-order chi connectivity index (χ0) is 14.2. The number of rotatable bonds is 4. The topological polar surface area (TPSA) is 29.3 Å². The highest BCUT2D eigenvalue weighted by Crippen LogP contribution is 2.50. The Hall–Kier alpha value is -0.0800. The van der Waals surface area contributed by atoms with Gasteiger partial charge < -0.3 is 5.73 Å². The summed E-state index contributed by atoms with van der Waals surface area (Å²) in [5.41, 5.74) is 6.89. The van der Waals surface area contributed by atoms with Crippen molar-refractivity contribution in [1.82, 2.24) is 4.90 Å². The van der Waals surface area contributed by atoms with E-state index in [1.807, 2.05) is 0 Å². The van der Waals surface area contributed by atoms with Gasteiger partial charge in [-0.2, -0.15) is 0 Å². The van der Waals surface area contributed by atoms with Crippen molar-refractivity contribution >= 4 is 0 Å². The van der Waals surface area contributed by atoms with Gasteiger partial charge in [-0.1, -0.05) is 19.3 Å². The van der Waals surface area contributed by atoms with Crippen LogP contribution in [0.5, 0.6) is 0 Å². The molecule has 2 saturated carbocycles. The van der Waals surface area contributed by atoms with Crippen LogP contribution in [0, 0.1) is 17.8 Å². The van der Waals surface area contributed by atoms with Crippen molar-refractivity contribution < 1.29 is 0 Å². The summed E-state index contributed by atoms with van der Waals surface area (Å²) < 4.78 is 0. The third-order valence-corrected chi connectivity index (χ3v) is 6.77. The normalized spacial score (nSPS) is 37.0. The molecule has 0 aromatic heterocycles. The molecular weight excluding hydrogens is 244 g/mol. The Bertz CT molecular complexity index is 317. The summed E-state index contributed by atoms with van der Waals surface area (Å²) in [6.07, 6.45) is 12.8. The Balaban J connectivity index is 1.58. The second-order valence-corrected chi connectivity index (χ2v) is 8.33. The lowest BCUT2D eigenvalue weighted by Crippen LogP contribution is -2.57. The van der Waals surface area contributed by atoms with Crippen LogP contribution in [0.1, 0.15) is 71.6 Å². The van der Waals surface area contributed by atoms with Crippen LogP contribution in [-0.2, 0) is 0 Å². The monoisotopic (exact) mass is 278 g/mol. The standard InChI is InChI=1S/C18H34N2/c1-18(2,20-9-5-3-4-6-10-20)17(19)13-16-12-14-7-8-15(16)11-14/h14-17H,3-13,19H2,1-2H3. The zero-order valence-corrected chi connectivity index (χ0v) is 13.6. The Morgan fingerprint density at radius 3 is 2.30 bits per heavy atom. The molecule has 1 aliphatic heterocycles. The minimum atomic E-state index is 0.187. The van der Waals surface area contributed by atoms with E-state index in [0.29, 0.717) is 6.04 Å². The lowest BCUT2D eigenvalue weighted by Gasteiger charge is -2.44. The number of likely N-dealkylation sites (tertiary alicyclic amines) is 1. The van der Waals surface area contributed by atoms with Crippen molar-refractivity contribution in [3.05, 3.63) is 0 Å². The predicted octanol–water partition coefficient (Wildman–Crippen LogP) is 3.79. The molecule has 4 unspecified atom stereocenters. The van der Waals surface area contributed by atoms with Crippen LogP contribution in [0.25, 0.3) is 0 Å². The van der Waals surface area contributed by atoms with Gasteiger partial charge >= 0.3 is 0 Å². The minimum absolute atomic E-state index is 0.187. The molecule has 0 radical (unpaired) electrons. The van der Waals surface area contributed by atoms with Crippen LogP contribution < -0.4 is 5.73 Å². The maximum Gasteiger partial charge on any atom is 0.0304 e. The highest BCUT2D eigenvalue weighted by atomic mass is 15.2. The number of hydrogen-bond acceptors (Lipinski definition) is 2. The molecule has 0 aromatic rings. The van der Waals surface area contributed by atoms with Crippen molar-refractivity contribution in [3.8, 4) is 0 Å². The zero-order valence-electron chi connectivity index (χ0n) is 13.6. The van der Waals surface area contributed by atoms with Gasteiger partial charge in [0.25, 0.3) is 0 Å². The predicted molar refractivity (Wildman–Crippen MR) is 85.7 cm³/mol. The summed E-state index contributed by atoms with van der Waals surface area (Å²) in [6.45, 7) is 7.32. The largest absolute Gasteiger partial charge is 0.326 e. The molecular formula is C18H34N2. The summed E-state index contributed by atoms with van der Waals surface area (Å²) in [5, 5.41) is 0. The van der Waals surface area contributed by atoms with Gasteiger partial charge in [0.1, 0.15) is 0 Å². The van der Waals surface area contributed by atoms with E-state index >= 15 is 0 Å². The fourth-order valence-corrected chi connectivity index (χ4v) is 5.16. The second-order valence-electron chi connectivity index (χ2n) is 8.33. The highest BCUT2D eigenvalue weighted by molar-refractivity contribution is 4.97. The molecule has 4 atom stereocenters. The van der Waals surface area contributed by atoms with Gasteiger partial charge in [0, 0.05) is 11.6 Å². The van der Waals surface area contributed by atoms with Gasteiger partial charge in [-0.25, -0.2) is 0 Å². The molecule has 1 saturated heterocycles. The Morgan fingerprint density at radius 2 is 1.75 bits per heavy atom. The molecule has 116 valence electrons. The van der Waals surface area contributed by atoms with Crippen molar-refractivity contribution in [3.63, 3.8) is 0 Å². The molecule has 1 heterocycles. The highest BCUT2D eigenvalue weighted by Gasteiger charge is 2.42. The Kier molecular flexibility index (Phi) is 4.42. The average molecular weight is 278 g/mol. The SMILES string of the molecule is CC(C)(C(N)CC1CC2CCC1C2)N1CCCCCC1. The molecule has 0 spiro atoms. The lowest BCUT2D eigenvalue weighted by atomic mass is 9.79. The van der Waals surface area contributed by atoms with Crippen LogP contribution in [0.15, 0.2) is 0 Å². The summed E-state index contributed by atoms with van der Waals surface area (Å²) in [6, 6.07) is 0.352. The van der Waals surface area contributed by atoms with Crippen LogP contribution in [-0.4, -0.2) is 29.6 Å². The Labute approximate surface area is 125 Å². The molecule has 20 heavy (non-hydrogen) atoms. The van der Waals surface area contributed by atoms with Crippen molar-refractivity contribution in [2.75, 3.05) is 13.1 Å². The van der Waals surface area contributed by atoms with Gasteiger partial charge in [0.2, 0.25) is 0 Å². The van der Waals surface area contributed by atoms with Crippen LogP contribution >= 0.6 is 0 Å². The molecule has 2 nitrogen and oxygen atoms in total. The molecule has 2 N–H and O–H groups in total. The van der Waals surface area contributed by atoms with Crippen molar-refractivity contribution in [2.45, 2.75) is 83.2 Å². The number of nitrogens with two attached hydrogens (primary N) is 1. The van der Waals surface area contributed by atoms with E-state index in [2.05, 4.69) is 18.7 Å². The summed E-state index contributed by atoms with van der Waals surface area (Å²) >= 11 is 0. The first-order valence-electron chi connectivity index (χ1n) is 9.08. The van der Waals surface area contributed by atoms with E-state index in [0.717, 1.165) is 17.8 Å². The quantitative estimate of drug-likeness (QED) is 0.847. The maximum atomic E-state index is 6.70. The van der Waals surface area contributed by atoms with E-state index in [1.165, 1.54) is 70.9 Å². The van der Waals surface area contributed by atoms with Crippen LogP contribution in [0.4, 0.5) is 0 Å². The third kappa shape index (κ3) is 2.92. The van der Waals surface area contributed by atoms with E-state index in [4.69, 9.17) is 5.73 Å². The first kappa shape index (κ1) is 14.8. The molecule has 2 heteroatoms. The molecule has 2 bridgehead atoms. The second kappa shape index (κ2) is 5.96. The van der Waals surface area contributed by atoms with Gasteiger partial charge in [-0.15, -0.1) is 0 Å². The Morgan fingerprint density at radius 1 is 1.05 bits per heavy atom.